The Hall–Kier alpha value is -0.530. The highest BCUT2D eigenvalue weighted by Gasteiger charge is 2.29. The molecule has 136 valence electrons. The Morgan fingerprint density at radius 2 is 2.21 bits per heavy atom. The first kappa shape index (κ1) is 21.5. The van der Waals surface area contributed by atoms with Gasteiger partial charge in [-0.2, -0.15) is 0 Å². The van der Waals surface area contributed by atoms with Crippen molar-refractivity contribution < 1.29 is 9.90 Å². The lowest BCUT2D eigenvalue weighted by Gasteiger charge is -2.19. The smallest absolute Gasteiger partial charge is 0.237 e. The maximum atomic E-state index is 12.0. The third kappa shape index (κ3) is 5.49. The van der Waals surface area contributed by atoms with Crippen molar-refractivity contribution in [3.8, 4) is 0 Å². The Labute approximate surface area is 163 Å². The van der Waals surface area contributed by atoms with E-state index in [9.17, 15) is 9.90 Å². The van der Waals surface area contributed by atoms with Crippen molar-refractivity contribution in [1.82, 2.24) is 10.6 Å². The van der Waals surface area contributed by atoms with Crippen LogP contribution in [0.25, 0.3) is 0 Å². The number of carbonyl (C=O) groups is 1. The predicted octanol–water partition coefficient (Wildman–Crippen LogP) is 1.96. The second-order valence-electron chi connectivity index (χ2n) is 6.18. The zero-order valence-corrected chi connectivity index (χ0v) is 16.5. The average Bonchev–Trinajstić information content (AvgIpc) is 3.14. The van der Waals surface area contributed by atoms with E-state index in [-0.39, 0.29) is 36.8 Å². The quantitative estimate of drug-likeness (QED) is 0.669. The van der Waals surface area contributed by atoms with Gasteiger partial charge in [-0.3, -0.25) is 4.79 Å². The number of rotatable bonds is 4. The van der Waals surface area contributed by atoms with E-state index in [0.29, 0.717) is 25.4 Å². The van der Waals surface area contributed by atoms with Gasteiger partial charge in [0.1, 0.15) is 0 Å². The third-order valence-corrected chi connectivity index (χ3v) is 4.94. The first-order valence-corrected chi connectivity index (χ1v) is 8.61. The van der Waals surface area contributed by atoms with Crippen LogP contribution >= 0.6 is 40.7 Å². The minimum absolute atomic E-state index is 0. The van der Waals surface area contributed by atoms with Gasteiger partial charge in [-0.05, 0) is 37.0 Å². The van der Waals surface area contributed by atoms with Crippen LogP contribution < -0.4 is 15.5 Å². The van der Waals surface area contributed by atoms with E-state index in [2.05, 4.69) is 43.6 Å². The highest BCUT2D eigenvalue weighted by molar-refractivity contribution is 9.10. The van der Waals surface area contributed by atoms with Crippen LogP contribution in [-0.2, 0) is 4.79 Å². The standard InChI is InChI=1S/C16H22BrN3O2.2ClH/c17-12-2-1-3-13(6-12)20-5-4-11(10-20)8-19-16(22)15-7-14(21)9-18-15;;/h1-3,6,11,14-15,18,21H,4-5,7-10H2,(H,19,22);2*1H. The molecule has 24 heavy (non-hydrogen) atoms. The third-order valence-electron chi connectivity index (χ3n) is 4.45. The monoisotopic (exact) mass is 439 g/mol. The number of halogens is 3. The minimum atomic E-state index is -0.394. The average molecular weight is 441 g/mol. The summed E-state index contributed by atoms with van der Waals surface area (Å²) in [5.74, 6) is 0.492. The molecule has 1 aromatic carbocycles. The number of aliphatic hydroxyl groups excluding tert-OH is 1. The summed E-state index contributed by atoms with van der Waals surface area (Å²) < 4.78 is 1.09. The van der Waals surface area contributed by atoms with Crippen molar-refractivity contribution in [1.29, 1.82) is 0 Å². The van der Waals surface area contributed by atoms with Crippen LogP contribution in [0.1, 0.15) is 12.8 Å². The summed E-state index contributed by atoms with van der Waals surface area (Å²) >= 11 is 3.51. The Kier molecular flexibility index (Phi) is 8.81. The summed E-state index contributed by atoms with van der Waals surface area (Å²) in [4.78, 5) is 14.4. The summed E-state index contributed by atoms with van der Waals surface area (Å²) in [5, 5.41) is 15.5. The molecule has 1 amide bonds. The van der Waals surface area contributed by atoms with Gasteiger partial charge in [0.25, 0.3) is 0 Å². The van der Waals surface area contributed by atoms with E-state index in [1.54, 1.807) is 0 Å². The van der Waals surface area contributed by atoms with Gasteiger partial charge in [-0.25, -0.2) is 0 Å². The van der Waals surface area contributed by atoms with Gasteiger partial charge in [0.2, 0.25) is 5.91 Å². The summed E-state index contributed by atoms with van der Waals surface area (Å²) in [6.07, 6.45) is 1.21. The minimum Gasteiger partial charge on any atom is -0.392 e. The van der Waals surface area contributed by atoms with Crippen LogP contribution in [0.4, 0.5) is 5.69 Å². The molecule has 2 saturated heterocycles. The molecule has 8 heteroatoms. The number of nitrogens with zero attached hydrogens (tertiary/aromatic N) is 1. The number of nitrogens with one attached hydrogen (secondary N) is 2. The highest BCUT2D eigenvalue weighted by Crippen LogP contribution is 2.25. The molecular formula is C16H24BrCl2N3O2. The van der Waals surface area contributed by atoms with Gasteiger partial charge in [-0.15, -0.1) is 24.8 Å². The number of hydrogen-bond donors (Lipinski definition) is 3. The summed E-state index contributed by atoms with van der Waals surface area (Å²) in [6.45, 7) is 3.21. The molecule has 0 saturated carbocycles. The van der Waals surface area contributed by atoms with Crippen molar-refractivity contribution in [3.63, 3.8) is 0 Å². The maximum absolute atomic E-state index is 12.0. The van der Waals surface area contributed by atoms with Crippen molar-refractivity contribution in [2.45, 2.75) is 25.0 Å². The Bertz CT molecular complexity index is 550. The van der Waals surface area contributed by atoms with E-state index in [1.807, 2.05) is 12.1 Å². The van der Waals surface area contributed by atoms with Crippen LogP contribution in [0.5, 0.6) is 0 Å². The fourth-order valence-electron chi connectivity index (χ4n) is 3.19. The molecule has 0 aromatic heterocycles. The van der Waals surface area contributed by atoms with Crippen molar-refractivity contribution in [2.75, 3.05) is 31.1 Å². The predicted molar refractivity (Wildman–Crippen MR) is 104 cm³/mol. The summed E-state index contributed by atoms with van der Waals surface area (Å²) in [7, 11) is 0. The van der Waals surface area contributed by atoms with Crippen molar-refractivity contribution in [3.05, 3.63) is 28.7 Å². The number of β-amino-alcohol motifs (C(OH)–C–C–N with tert-alkyl or cyclic N) is 1. The van der Waals surface area contributed by atoms with Gasteiger partial charge < -0.3 is 20.6 Å². The molecule has 0 aliphatic carbocycles. The molecule has 0 spiro atoms. The number of anilines is 1. The van der Waals surface area contributed by atoms with Crippen LogP contribution in [-0.4, -0.2) is 49.3 Å². The van der Waals surface area contributed by atoms with E-state index in [1.165, 1.54) is 5.69 Å². The van der Waals surface area contributed by atoms with Crippen LogP contribution in [0.15, 0.2) is 28.7 Å². The molecule has 5 nitrogen and oxygen atoms in total. The fourth-order valence-corrected chi connectivity index (χ4v) is 3.58. The number of carbonyl (C=O) groups excluding carboxylic acids is 1. The lowest BCUT2D eigenvalue weighted by molar-refractivity contribution is -0.123. The zero-order valence-electron chi connectivity index (χ0n) is 13.3. The highest BCUT2D eigenvalue weighted by atomic mass is 79.9. The lowest BCUT2D eigenvalue weighted by atomic mass is 10.1. The summed E-state index contributed by atoms with van der Waals surface area (Å²) in [6, 6.07) is 8.09. The second-order valence-corrected chi connectivity index (χ2v) is 7.09. The largest absolute Gasteiger partial charge is 0.392 e. The van der Waals surface area contributed by atoms with Crippen LogP contribution in [0.3, 0.4) is 0 Å². The number of aliphatic hydroxyl groups is 1. The van der Waals surface area contributed by atoms with Gasteiger partial charge >= 0.3 is 0 Å². The fraction of sp³-hybridized carbons (Fsp3) is 0.562. The molecule has 2 fully saturated rings. The molecule has 1 aromatic rings. The Morgan fingerprint density at radius 3 is 2.88 bits per heavy atom. The Balaban J connectivity index is 0.00000144. The molecule has 3 unspecified atom stereocenters. The second kappa shape index (κ2) is 9.82. The van der Waals surface area contributed by atoms with Crippen LogP contribution in [0.2, 0.25) is 0 Å². The van der Waals surface area contributed by atoms with Gasteiger partial charge in [0.05, 0.1) is 12.1 Å². The van der Waals surface area contributed by atoms with Gasteiger partial charge in [0.15, 0.2) is 0 Å². The van der Waals surface area contributed by atoms with Crippen molar-refractivity contribution in [2.24, 2.45) is 5.92 Å². The molecule has 3 atom stereocenters. The van der Waals surface area contributed by atoms with E-state index in [0.717, 1.165) is 24.0 Å². The molecule has 0 bridgehead atoms. The van der Waals surface area contributed by atoms with Gasteiger partial charge in [-0.1, -0.05) is 22.0 Å². The molecular weight excluding hydrogens is 417 g/mol. The van der Waals surface area contributed by atoms with Crippen molar-refractivity contribution >= 4 is 52.3 Å². The molecule has 2 aliphatic rings. The van der Waals surface area contributed by atoms with Gasteiger partial charge in [0, 0.05) is 36.3 Å². The van der Waals surface area contributed by atoms with E-state index in [4.69, 9.17) is 0 Å². The molecule has 0 radical (unpaired) electrons. The molecule has 2 aliphatic heterocycles. The maximum Gasteiger partial charge on any atom is 0.237 e. The normalized spacial score (nSPS) is 25.8. The van der Waals surface area contributed by atoms with E-state index < -0.39 is 6.10 Å². The molecule has 3 N–H and O–H groups in total. The number of hydrogen-bond acceptors (Lipinski definition) is 4. The number of benzene rings is 1. The first-order chi connectivity index (χ1) is 10.6. The number of amides is 1. The topological polar surface area (TPSA) is 64.6 Å². The molecule has 2 heterocycles. The van der Waals surface area contributed by atoms with Crippen LogP contribution in [0, 0.1) is 5.92 Å². The SMILES string of the molecule is Cl.Cl.O=C(NCC1CCN(c2cccc(Br)c2)C1)C1CC(O)CN1. The Morgan fingerprint density at radius 1 is 1.42 bits per heavy atom. The zero-order chi connectivity index (χ0) is 15.5. The molecule has 3 rings (SSSR count). The lowest BCUT2D eigenvalue weighted by Crippen LogP contribution is -2.42. The van der Waals surface area contributed by atoms with E-state index >= 15 is 0 Å². The first-order valence-electron chi connectivity index (χ1n) is 7.81. The summed E-state index contributed by atoms with van der Waals surface area (Å²) in [5.41, 5.74) is 1.23.